The van der Waals surface area contributed by atoms with E-state index in [1.54, 1.807) is 0 Å². The maximum absolute atomic E-state index is 5.34. The van der Waals surface area contributed by atoms with Crippen molar-refractivity contribution in [3.63, 3.8) is 0 Å². The minimum absolute atomic E-state index is 1.11. The van der Waals surface area contributed by atoms with Crippen LogP contribution in [0.2, 0.25) is 0 Å². The maximum Gasteiger partial charge on any atom is 0.0614 e. The smallest absolute Gasteiger partial charge is 0.0614 e. The Balaban J connectivity index is 2.94. The van der Waals surface area contributed by atoms with Crippen molar-refractivity contribution in [3.05, 3.63) is 36.0 Å². The molecule has 0 atom stereocenters. The molecule has 2 aromatic rings. The second-order valence-electron chi connectivity index (χ2n) is 2.83. The molecule has 1 heteroatoms. The van der Waals surface area contributed by atoms with Crippen LogP contribution >= 0.6 is 0 Å². The van der Waals surface area contributed by atoms with Crippen molar-refractivity contribution >= 4 is 10.9 Å². The van der Waals surface area contributed by atoms with Crippen LogP contribution in [0, 0.1) is 19.4 Å². The molecule has 0 fully saturated rings. The maximum atomic E-state index is 5.34. The zero-order valence-electron chi connectivity index (χ0n) is 6.91. The first-order valence-electron chi connectivity index (χ1n) is 3.86. The van der Waals surface area contributed by atoms with Crippen molar-refractivity contribution in [2.24, 2.45) is 0 Å². The van der Waals surface area contributed by atoms with Crippen LogP contribution in [0.3, 0.4) is 0 Å². The summed E-state index contributed by atoms with van der Waals surface area (Å²) in [5.41, 5.74) is 2.33. The zero-order valence-corrected chi connectivity index (χ0v) is 6.91. The number of hydrogen-bond acceptors (Lipinski definition) is 0. The summed E-state index contributed by atoms with van der Waals surface area (Å²) in [7, 11) is 0. The number of rotatable bonds is 0. The number of para-hydroxylation sites is 1. The summed E-state index contributed by atoms with van der Waals surface area (Å²) >= 11 is 0. The molecule has 0 N–H and O–H groups in total. The van der Waals surface area contributed by atoms with Gasteiger partial charge in [0.25, 0.3) is 0 Å². The largest absolute Gasteiger partial charge is 0.276 e. The fraction of sp³-hybridized carbons (Fsp3) is 0.0909. The molecule has 1 aromatic carbocycles. The van der Waals surface area contributed by atoms with E-state index in [-0.39, 0.29) is 0 Å². The third-order valence-electron chi connectivity index (χ3n) is 2.05. The number of aromatic nitrogens is 1. The molecule has 58 valence electrons. The number of terminal acetylenes is 1. The van der Waals surface area contributed by atoms with Gasteiger partial charge in [0, 0.05) is 17.6 Å². The quantitative estimate of drug-likeness (QED) is 0.515. The standard InChI is InChI=1S/C11H9N/c1-3-12-8-9(2)10-6-4-5-7-11(10)12/h1,4-8H,2H3. The second-order valence-corrected chi connectivity index (χ2v) is 2.83. The van der Waals surface area contributed by atoms with E-state index >= 15 is 0 Å². The Kier molecular flexibility index (Phi) is 1.41. The van der Waals surface area contributed by atoms with Gasteiger partial charge in [0.05, 0.1) is 5.52 Å². The first kappa shape index (κ1) is 7.00. The lowest BCUT2D eigenvalue weighted by Crippen LogP contribution is -1.82. The van der Waals surface area contributed by atoms with Gasteiger partial charge in [0.2, 0.25) is 0 Å². The van der Waals surface area contributed by atoms with Gasteiger partial charge in [0.1, 0.15) is 0 Å². The van der Waals surface area contributed by atoms with Crippen molar-refractivity contribution in [3.8, 4) is 12.5 Å². The van der Waals surface area contributed by atoms with Crippen LogP contribution in [0.4, 0.5) is 0 Å². The van der Waals surface area contributed by atoms with Gasteiger partial charge >= 0.3 is 0 Å². The summed E-state index contributed by atoms with van der Waals surface area (Å²) in [6, 6.07) is 10.7. The van der Waals surface area contributed by atoms with Crippen molar-refractivity contribution in [1.82, 2.24) is 4.57 Å². The Hall–Kier alpha value is -1.68. The average molecular weight is 155 g/mol. The van der Waals surface area contributed by atoms with E-state index in [1.807, 2.05) is 29.0 Å². The van der Waals surface area contributed by atoms with Crippen LogP contribution in [0.5, 0.6) is 0 Å². The Morgan fingerprint density at radius 1 is 1.33 bits per heavy atom. The first-order chi connectivity index (χ1) is 5.83. The minimum atomic E-state index is 1.11. The molecule has 0 aliphatic rings. The Morgan fingerprint density at radius 3 is 2.83 bits per heavy atom. The highest BCUT2D eigenvalue weighted by Crippen LogP contribution is 2.18. The lowest BCUT2D eigenvalue weighted by Gasteiger charge is -1.91. The average Bonchev–Trinajstić information content (AvgIpc) is 2.44. The summed E-state index contributed by atoms with van der Waals surface area (Å²) in [6.45, 7) is 2.07. The molecule has 0 amide bonds. The molecule has 0 aliphatic carbocycles. The summed E-state index contributed by atoms with van der Waals surface area (Å²) in [4.78, 5) is 0. The fourth-order valence-corrected chi connectivity index (χ4v) is 1.46. The topological polar surface area (TPSA) is 4.93 Å². The predicted octanol–water partition coefficient (Wildman–Crippen LogP) is 2.39. The molecule has 1 heterocycles. The van der Waals surface area contributed by atoms with E-state index in [4.69, 9.17) is 6.42 Å². The van der Waals surface area contributed by atoms with E-state index in [9.17, 15) is 0 Å². The predicted molar refractivity (Wildman–Crippen MR) is 50.9 cm³/mol. The van der Waals surface area contributed by atoms with Crippen molar-refractivity contribution in [1.29, 1.82) is 0 Å². The summed E-state index contributed by atoms with van der Waals surface area (Å²) in [5, 5.41) is 1.23. The molecule has 2 rings (SSSR count). The molecule has 0 radical (unpaired) electrons. The van der Waals surface area contributed by atoms with E-state index in [1.165, 1.54) is 10.9 Å². The molecule has 0 spiro atoms. The minimum Gasteiger partial charge on any atom is -0.276 e. The number of fused-ring (bicyclic) bond motifs is 1. The Morgan fingerprint density at radius 2 is 2.08 bits per heavy atom. The third kappa shape index (κ3) is 0.820. The normalized spacial score (nSPS) is 10.0. The molecule has 0 bridgehead atoms. The molecular formula is C11H9N. The third-order valence-corrected chi connectivity index (χ3v) is 2.05. The zero-order chi connectivity index (χ0) is 8.55. The van der Waals surface area contributed by atoms with Gasteiger partial charge < -0.3 is 0 Å². The van der Waals surface area contributed by atoms with Gasteiger partial charge in [-0.1, -0.05) is 24.6 Å². The van der Waals surface area contributed by atoms with Crippen LogP contribution < -0.4 is 0 Å². The fourth-order valence-electron chi connectivity index (χ4n) is 1.46. The van der Waals surface area contributed by atoms with Gasteiger partial charge in [-0.15, -0.1) is 0 Å². The first-order valence-corrected chi connectivity index (χ1v) is 3.86. The van der Waals surface area contributed by atoms with Crippen LogP contribution in [-0.4, -0.2) is 4.57 Å². The van der Waals surface area contributed by atoms with Crippen molar-refractivity contribution in [2.45, 2.75) is 6.92 Å². The Labute approximate surface area is 71.6 Å². The highest BCUT2D eigenvalue weighted by molar-refractivity contribution is 5.84. The monoisotopic (exact) mass is 155 g/mol. The van der Waals surface area contributed by atoms with E-state index < -0.39 is 0 Å². The van der Waals surface area contributed by atoms with Crippen LogP contribution in [0.15, 0.2) is 30.5 Å². The summed E-state index contributed by atoms with van der Waals surface area (Å²) < 4.78 is 1.81. The number of benzene rings is 1. The van der Waals surface area contributed by atoms with Gasteiger partial charge in [0.15, 0.2) is 0 Å². The molecular weight excluding hydrogens is 146 g/mol. The molecule has 0 aliphatic heterocycles. The second kappa shape index (κ2) is 2.42. The summed E-state index contributed by atoms with van der Waals surface area (Å²) in [6.07, 6.45) is 7.32. The van der Waals surface area contributed by atoms with Gasteiger partial charge in [-0.2, -0.15) is 0 Å². The van der Waals surface area contributed by atoms with E-state index in [0.717, 1.165) is 5.52 Å². The lowest BCUT2D eigenvalue weighted by molar-refractivity contribution is 1.19. The molecule has 1 aromatic heterocycles. The number of aryl methyl sites for hydroxylation is 1. The van der Waals surface area contributed by atoms with Crippen molar-refractivity contribution < 1.29 is 0 Å². The van der Waals surface area contributed by atoms with Crippen LogP contribution in [-0.2, 0) is 0 Å². The number of hydrogen-bond donors (Lipinski definition) is 0. The van der Waals surface area contributed by atoms with Gasteiger partial charge in [-0.3, -0.25) is 4.57 Å². The highest BCUT2D eigenvalue weighted by atomic mass is 14.9. The molecule has 1 nitrogen and oxygen atoms in total. The molecule has 0 saturated carbocycles. The van der Waals surface area contributed by atoms with Crippen molar-refractivity contribution in [2.75, 3.05) is 0 Å². The van der Waals surface area contributed by atoms with Crippen LogP contribution in [0.1, 0.15) is 5.56 Å². The number of nitrogens with zero attached hydrogens (tertiary/aromatic N) is 1. The molecule has 0 unspecified atom stereocenters. The lowest BCUT2D eigenvalue weighted by atomic mass is 10.2. The highest BCUT2D eigenvalue weighted by Gasteiger charge is 2.00. The van der Waals surface area contributed by atoms with Crippen LogP contribution in [0.25, 0.3) is 10.9 Å². The van der Waals surface area contributed by atoms with Gasteiger partial charge in [-0.25, -0.2) is 0 Å². The van der Waals surface area contributed by atoms with E-state index in [2.05, 4.69) is 19.0 Å². The Bertz CT molecular complexity index is 457. The van der Waals surface area contributed by atoms with E-state index in [0.29, 0.717) is 0 Å². The SMILES string of the molecule is C#Cn1cc(C)c2ccccc21. The van der Waals surface area contributed by atoms with Gasteiger partial charge in [-0.05, 0) is 18.6 Å². The molecule has 12 heavy (non-hydrogen) atoms. The summed E-state index contributed by atoms with van der Waals surface area (Å²) in [5.74, 6) is 0. The molecule has 0 saturated heterocycles.